The highest BCUT2D eigenvalue weighted by Crippen LogP contribution is 2.30. The van der Waals surface area contributed by atoms with Gasteiger partial charge in [-0.05, 0) is 73.2 Å². The van der Waals surface area contributed by atoms with Gasteiger partial charge in [0.05, 0.1) is 17.7 Å². The van der Waals surface area contributed by atoms with Crippen LogP contribution in [0, 0.1) is 17.0 Å². The molecule has 0 atom stereocenters. The summed E-state index contributed by atoms with van der Waals surface area (Å²) in [5.74, 6) is 0.0837. The number of carbonyl (C=O) groups excluding carboxylic acids is 2. The first-order valence-corrected chi connectivity index (χ1v) is 10.1. The number of thiocarbonyl (C=S) groups is 1. The minimum Gasteiger partial charge on any atom is -0.497 e. The van der Waals surface area contributed by atoms with E-state index < -0.39 is 16.7 Å². The van der Waals surface area contributed by atoms with Crippen molar-refractivity contribution in [3.63, 3.8) is 0 Å². The van der Waals surface area contributed by atoms with Crippen LogP contribution in [0.4, 0.5) is 11.4 Å². The summed E-state index contributed by atoms with van der Waals surface area (Å²) in [5, 5.41) is 13.4. The Morgan fingerprint density at radius 2 is 1.85 bits per heavy atom. The van der Waals surface area contributed by atoms with Gasteiger partial charge in [0.2, 0.25) is 0 Å². The van der Waals surface area contributed by atoms with E-state index in [1.807, 2.05) is 0 Å². The third-order valence-electron chi connectivity index (χ3n) is 5.03. The number of nitro groups is 1. The standard InChI is InChI=1S/C23H17N3O6S/c1-13-11-15(26(29)30)5-9-18(13)20-10-8-17(32-20)12-19-21(27)24-23(33)25(22(19)28)14-3-6-16(31-2)7-4-14/h3-12H,1-2H3,(H,24,27,33)/b19-12-. The third-order valence-corrected chi connectivity index (χ3v) is 5.32. The van der Waals surface area contributed by atoms with Gasteiger partial charge in [-0.2, -0.15) is 0 Å². The lowest BCUT2D eigenvalue weighted by molar-refractivity contribution is -0.384. The number of non-ortho nitro benzene ring substituents is 1. The van der Waals surface area contributed by atoms with Crippen molar-refractivity contribution in [3.05, 3.63) is 81.6 Å². The van der Waals surface area contributed by atoms with Crippen LogP contribution in [-0.2, 0) is 9.59 Å². The van der Waals surface area contributed by atoms with Crippen molar-refractivity contribution in [2.45, 2.75) is 6.92 Å². The number of rotatable bonds is 5. The summed E-state index contributed by atoms with van der Waals surface area (Å²) >= 11 is 5.20. The van der Waals surface area contributed by atoms with E-state index in [0.29, 0.717) is 28.3 Å². The topological polar surface area (TPSA) is 115 Å². The van der Waals surface area contributed by atoms with Gasteiger partial charge in [-0.15, -0.1) is 0 Å². The number of hydrogen-bond donors (Lipinski definition) is 1. The van der Waals surface area contributed by atoms with Crippen LogP contribution in [0.25, 0.3) is 17.4 Å². The van der Waals surface area contributed by atoms with E-state index in [-0.39, 0.29) is 22.1 Å². The minimum atomic E-state index is -0.640. The van der Waals surface area contributed by atoms with E-state index in [1.54, 1.807) is 49.4 Å². The lowest BCUT2D eigenvalue weighted by Gasteiger charge is -2.28. The number of nitrogens with one attached hydrogen (secondary N) is 1. The number of carbonyl (C=O) groups is 2. The lowest BCUT2D eigenvalue weighted by Crippen LogP contribution is -2.54. The van der Waals surface area contributed by atoms with E-state index in [1.165, 1.54) is 30.2 Å². The average molecular weight is 463 g/mol. The largest absolute Gasteiger partial charge is 0.497 e. The predicted molar refractivity (Wildman–Crippen MR) is 125 cm³/mol. The average Bonchev–Trinajstić information content (AvgIpc) is 3.25. The summed E-state index contributed by atoms with van der Waals surface area (Å²) in [5.41, 5.74) is 1.61. The molecule has 33 heavy (non-hydrogen) atoms. The van der Waals surface area contributed by atoms with Crippen LogP contribution >= 0.6 is 12.2 Å². The summed E-state index contributed by atoms with van der Waals surface area (Å²) in [6.45, 7) is 1.73. The predicted octanol–water partition coefficient (Wildman–Crippen LogP) is 4.00. The van der Waals surface area contributed by atoms with Gasteiger partial charge in [-0.1, -0.05) is 0 Å². The molecule has 0 aliphatic carbocycles. The molecule has 1 aliphatic heterocycles. The number of aryl methyl sites for hydroxylation is 1. The fourth-order valence-corrected chi connectivity index (χ4v) is 3.66. The highest BCUT2D eigenvalue weighted by molar-refractivity contribution is 7.80. The zero-order valence-corrected chi connectivity index (χ0v) is 18.3. The second-order valence-corrected chi connectivity index (χ2v) is 7.50. The normalized spacial score (nSPS) is 15.0. The molecule has 0 unspecified atom stereocenters. The van der Waals surface area contributed by atoms with Crippen molar-refractivity contribution >= 4 is 46.6 Å². The highest BCUT2D eigenvalue weighted by atomic mass is 32.1. The number of nitro benzene ring substituents is 1. The minimum absolute atomic E-state index is 0.0239. The second kappa shape index (κ2) is 8.67. The number of amides is 2. The monoisotopic (exact) mass is 463 g/mol. The van der Waals surface area contributed by atoms with Crippen molar-refractivity contribution in [1.29, 1.82) is 0 Å². The number of nitrogens with zero attached hydrogens (tertiary/aromatic N) is 2. The molecule has 1 N–H and O–H groups in total. The molecule has 1 fully saturated rings. The number of methoxy groups -OCH3 is 1. The van der Waals surface area contributed by atoms with E-state index >= 15 is 0 Å². The molecule has 0 spiro atoms. The molecule has 1 saturated heterocycles. The maximum absolute atomic E-state index is 13.1. The first kappa shape index (κ1) is 21.9. The van der Waals surface area contributed by atoms with Gasteiger partial charge in [-0.25, -0.2) is 0 Å². The van der Waals surface area contributed by atoms with Crippen molar-refractivity contribution in [2.24, 2.45) is 0 Å². The zero-order chi connectivity index (χ0) is 23.7. The maximum Gasteiger partial charge on any atom is 0.270 e. The molecule has 3 aromatic rings. The molecule has 1 aliphatic rings. The fraction of sp³-hybridized carbons (Fsp3) is 0.0870. The Morgan fingerprint density at radius 3 is 2.48 bits per heavy atom. The number of hydrogen-bond acceptors (Lipinski definition) is 7. The van der Waals surface area contributed by atoms with Crippen LogP contribution in [0.5, 0.6) is 5.75 Å². The van der Waals surface area contributed by atoms with Crippen LogP contribution in [0.1, 0.15) is 11.3 Å². The Bertz CT molecular complexity index is 1330. The molecule has 166 valence electrons. The van der Waals surface area contributed by atoms with Crippen LogP contribution in [0.2, 0.25) is 0 Å². The van der Waals surface area contributed by atoms with Crippen LogP contribution in [0.3, 0.4) is 0 Å². The maximum atomic E-state index is 13.1. The van der Waals surface area contributed by atoms with E-state index in [4.69, 9.17) is 21.4 Å². The first-order chi connectivity index (χ1) is 15.8. The fourth-order valence-electron chi connectivity index (χ4n) is 3.38. The van der Waals surface area contributed by atoms with Gasteiger partial charge >= 0.3 is 0 Å². The Labute approximate surface area is 193 Å². The van der Waals surface area contributed by atoms with E-state index in [2.05, 4.69) is 5.32 Å². The highest BCUT2D eigenvalue weighted by Gasteiger charge is 2.34. The summed E-state index contributed by atoms with van der Waals surface area (Å²) < 4.78 is 10.9. The Morgan fingerprint density at radius 1 is 1.12 bits per heavy atom. The quantitative estimate of drug-likeness (QED) is 0.200. The molecule has 4 rings (SSSR count). The van der Waals surface area contributed by atoms with E-state index in [0.717, 1.165) is 0 Å². The third kappa shape index (κ3) is 4.23. The van der Waals surface area contributed by atoms with Crippen molar-refractivity contribution < 1.29 is 23.7 Å². The summed E-state index contributed by atoms with van der Waals surface area (Å²) in [6.07, 6.45) is 1.33. The summed E-state index contributed by atoms with van der Waals surface area (Å²) in [7, 11) is 1.53. The molecule has 9 nitrogen and oxygen atoms in total. The number of anilines is 1. The summed E-state index contributed by atoms with van der Waals surface area (Å²) in [4.78, 5) is 37.3. The van der Waals surface area contributed by atoms with E-state index in [9.17, 15) is 19.7 Å². The Kier molecular flexibility index (Phi) is 5.76. The first-order valence-electron chi connectivity index (χ1n) is 9.69. The molecular weight excluding hydrogens is 446 g/mol. The Hall–Kier alpha value is -4.31. The number of benzene rings is 2. The van der Waals surface area contributed by atoms with Gasteiger partial charge in [0.15, 0.2) is 5.11 Å². The number of ether oxygens (including phenoxy) is 1. The molecule has 0 radical (unpaired) electrons. The van der Waals surface area contributed by atoms with Gasteiger partial charge in [-0.3, -0.25) is 29.9 Å². The molecule has 2 amide bonds. The molecule has 10 heteroatoms. The van der Waals surface area contributed by atoms with Crippen LogP contribution in [0.15, 0.2) is 64.6 Å². The van der Waals surface area contributed by atoms with Gasteiger partial charge < -0.3 is 9.15 Å². The van der Waals surface area contributed by atoms with Crippen molar-refractivity contribution in [1.82, 2.24) is 5.32 Å². The van der Waals surface area contributed by atoms with Crippen molar-refractivity contribution in [3.8, 4) is 17.1 Å². The molecule has 0 bridgehead atoms. The molecular formula is C23H17N3O6S. The van der Waals surface area contributed by atoms with Crippen molar-refractivity contribution in [2.75, 3.05) is 12.0 Å². The molecule has 2 heterocycles. The molecule has 0 saturated carbocycles. The van der Waals surface area contributed by atoms with Crippen LogP contribution in [-0.4, -0.2) is 29.0 Å². The van der Waals surface area contributed by atoms with Gasteiger partial charge in [0.25, 0.3) is 17.5 Å². The lowest BCUT2D eigenvalue weighted by atomic mass is 10.1. The molecule has 1 aromatic heterocycles. The smallest absolute Gasteiger partial charge is 0.270 e. The second-order valence-electron chi connectivity index (χ2n) is 7.11. The summed E-state index contributed by atoms with van der Waals surface area (Å²) in [6, 6.07) is 14.3. The van der Waals surface area contributed by atoms with Crippen LogP contribution < -0.4 is 15.0 Å². The number of furan rings is 1. The Balaban J connectivity index is 1.65. The van der Waals surface area contributed by atoms with Gasteiger partial charge in [0, 0.05) is 17.7 Å². The zero-order valence-electron chi connectivity index (χ0n) is 17.5. The molecule has 2 aromatic carbocycles. The van der Waals surface area contributed by atoms with Gasteiger partial charge in [0.1, 0.15) is 22.8 Å². The SMILES string of the molecule is COc1ccc(N2C(=O)/C(=C\c3ccc(-c4ccc([N+](=O)[O-])cc4C)o3)C(=O)NC2=S)cc1.